The summed E-state index contributed by atoms with van der Waals surface area (Å²) in [5.74, 6) is 1.58. The molecule has 1 N–H and O–H groups in total. The van der Waals surface area contributed by atoms with Crippen LogP contribution in [0.5, 0.6) is 11.5 Å². The Morgan fingerprint density at radius 3 is 2.76 bits per heavy atom. The smallest absolute Gasteiger partial charge is 0.161 e. The molecule has 0 saturated carbocycles. The summed E-state index contributed by atoms with van der Waals surface area (Å²) in [5, 5.41) is 3.42. The van der Waals surface area contributed by atoms with Crippen molar-refractivity contribution in [1.82, 2.24) is 5.32 Å². The molecule has 1 aliphatic rings. The van der Waals surface area contributed by atoms with E-state index in [-0.39, 0.29) is 0 Å². The van der Waals surface area contributed by atoms with E-state index in [0.29, 0.717) is 12.6 Å². The van der Waals surface area contributed by atoms with Crippen LogP contribution in [0.3, 0.4) is 0 Å². The molecule has 1 aromatic rings. The molecular weight excluding hydrogens is 218 g/mol. The average molecular weight is 237 g/mol. The van der Waals surface area contributed by atoms with Crippen molar-refractivity contribution in [3.63, 3.8) is 0 Å². The van der Waals surface area contributed by atoms with Gasteiger partial charge in [-0.15, -0.1) is 0 Å². The fourth-order valence-corrected chi connectivity index (χ4v) is 1.71. The fourth-order valence-electron chi connectivity index (χ4n) is 1.71. The zero-order valence-electron chi connectivity index (χ0n) is 10.4. The van der Waals surface area contributed by atoms with Crippen LogP contribution in [0.25, 0.3) is 0 Å². The molecule has 0 amide bonds. The summed E-state index contributed by atoms with van der Waals surface area (Å²) >= 11 is 0. The number of ether oxygens (including phenoxy) is 3. The standard InChI is InChI=1S/C13H19NO3/c1-3-17-12-5-4-10(6-13(12)15-2)7-14-11-8-16-9-11/h4-6,11,14H,3,7-9H2,1-2H3. The molecule has 1 aliphatic heterocycles. The molecule has 0 bridgehead atoms. The van der Waals surface area contributed by atoms with Crippen LogP contribution < -0.4 is 14.8 Å². The van der Waals surface area contributed by atoms with Crippen LogP contribution in [0.1, 0.15) is 12.5 Å². The molecule has 0 spiro atoms. The van der Waals surface area contributed by atoms with Crippen molar-refractivity contribution in [2.75, 3.05) is 26.9 Å². The molecule has 4 heteroatoms. The lowest BCUT2D eigenvalue weighted by Crippen LogP contribution is -2.45. The molecule has 4 nitrogen and oxygen atoms in total. The van der Waals surface area contributed by atoms with E-state index in [1.807, 2.05) is 19.1 Å². The number of rotatable bonds is 6. The fraction of sp³-hybridized carbons (Fsp3) is 0.538. The van der Waals surface area contributed by atoms with Gasteiger partial charge in [-0.1, -0.05) is 6.07 Å². The minimum atomic E-state index is 0.493. The van der Waals surface area contributed by atoms with Gasteiger partial charge in [0.15, 0.2) is 11.5 Å². The first-order chi connectivity index (χ1) is 8.33. The van der Waals surface area contributed by atoms with Crippen LogP contribution in [0.4, 0.5) is 0 Å². The van der Waals surface area contributed by atoms with Gasteiger partial charge in [-0.05, 0) is 24.6 Å². The third-order valence-corrected chi connectivity index (χ3v) is 2.76. The van der Waals surface area contributed by atoms with E-state index in [0.717, 1.165) is 31.3 Å². The van der Waals surface area contributed by atoms with Gasteiger partial charge in [0.05, 0.1) is 33.0 Å². The Kier molecular flexibility index (Phi) is 4.23. The summed E-state index contributed by atoms with van der Waals surface area (Å²) < 4.78 is 15.9. The van der Waals surface area contributed by atoms with Crippen LogP contribution in [0, 0.1) is 0 Å². The van der Waals surface area contributed by atoms with Crippen LogP contribution >= 0.6 is 0 Å². The lowest BCUT2D eigenvalue weighted by atomic mass is 10.1. The van der Waals surface area contributed by atoms with E-state index in [4.69, 9.17) is 14.2 Å². The van der Waals surface area contributed by atoms with Gasteiger partial charge in [0.2, 0.25) is 0 Å². The van der Waals surface area contributed by atoms with Crippen molar-refractivity contribution in [2.24, 2.45) is 0 Å². The number of hydrogen-bond donors (Lipinski definition) is 1. The topological polar surface area (TPSA) is 39.7 Å². The van der Waals surface area contributed by atoms with Gasteiger partial charge in [0, 0.05) is 6.54 Å². The second kappa shape index (κ2) is 5.89. The molecule has 1 aromatic carbocycles. The number of hydrogen-bond acceptors (Lipinski definition) is 4. The molecule has 94 valence electrons. The molecule has 0 aliphatic carbocycles. The maximum absolute atomic E-state index is 5.48. The van der Waals surface area contributed by atoms with Crippen molar-refractivity contribution in [3.05, 3.63) is 23.8 Å². The summed E-state index contributed by atoms with van der Waals surface area (Å²) in [6.07, 6.45) is 0. The number of methoxy groups -OCH3 is 1. The molecule has 2 rings (SSSR count). The van der Waals surface area contributed by atoms with Crippen molar-refractivity contribution in [1.29, 1.82) is 0 Å². The predicted octanol–water partition coefficient (Wildman–Crippen LogP) is 1.58. The van der Waals surface area contributed by atoms with E-state index in [1.165, 1.54) is 5.56 Å². The first kappa shape index (κ1) is 12.2. The molecule has 1 fully saturated rings. The minimum absolute atomic E-state index is 0.493. The average Bonchev–Trinajstić information content (AvgIpc) is 2.29. The molecule has 1 heterocycles. The third kappa shape index (κ3) is 3.11. The van der Waals surface area contributed by atoms with E-state index in [9.17, 15) is 0 Å². The number of nitrogens with one attached hydrogen (secondary N) is 1. The lowest BCUT2D eigenvalue weighted by molar-refractivity contribution is -0.00579. The Morgan fingerprint density at radius 2 is 2.18 bits per heavy atom. The van der Waals surface area contributed by atoms with Gasteiger partial charge in [-0.3, -0.25) is 0 Å². The van der Waals surface area contributed by atoms with E-state index >= 15 is 0 Å². The molecule has 1 saturated heterocycles. The first-order valence-corrected chi connectivity index (χ1v) is 5.94. The van der Waals surface area contributed by atoms with Gasteiger partial charge >= 0.3 is 0 Å². The Labute approximate surface area is 102 Å². The second-order valence-corrected chi connectivity index (χ2v) is 4.03. The van der Waals surface area contributed by atoms with Crippen molar-refractivity contribution in [2.45, 2.75) is 19.5 Å². The Bertz CT molecular complexity index is 364. The van der Waals surface area contributed by atoms with Gasteiger partial charge < -0.3 is 19.5 Å². The Morgan fingerprint density at radius 1 is 1.35 bits per heavy atom. The second-order valence-electron chi connectivity index (χ2n) is 4.03. The van der Waals surface area contributed by atoms with Crippen LogP contribution in [0.2, 0.25) is 0 Å². The van der Waals surface area contributed by atoms with Crippen molar-refractivity contribution in [3.8, 4) is 11.5 Å². The first-order valence-electron chi connectivity index (χ1n) is 5.94. The lowest BCUT2D eigenvalue weighted by Gasteiger charge is -2.27. The SMILES string of the molecule is CCOc1ccc(CNC2COC2)cc1OC. The summed E-state index contributed by atoms with van der Waals surface area (Å²) in [6.45, 7) is 5.07. The van der Waals surface area contributed by atoms with Gasteiger partial charge in [-0.25, -0.2) is 0 Å². The quantitative estimate of drug-likeness (QED) is 0.815. The molecular formula is C13H19NO3. The summed E-state index contributed by atoms with van der Waals surface area (Å²) in [4.78, 5) is 0. The minimum Gasteiger partial charge on any atom is -0.493 e. The van der Waals surface area contributed by atoms with Gasteiger partial charge in [0.25, 0.3) is 0 Å². The maximum Gasteiger partial charge on any atom is 0.161 e. The van der Waals surface area contributed by atoms with Gasteiger partial charge in [-0.2, -0.15) is 0 Å². The summed E-state index contributed by atoms with van der Waals surface area (Å²) in [6, 6.07) is 6.52. The zero-order valence-corrected chi connectivity index (χ0v) is 10.4. The van der Waals surface area contributed by atoms with Crippen molar-refractivity contribution < 1.29 is 14.2 Å². The monoisotopic (exact) mass is 237 g/mol. The highest BCUT2D eigenvalue weighted by atomic mass is 16.5. The summed E-state index contributed by atoms with van der Waals surface area (Å²) in [7, 11) is 1.66. The summed E-state index contributed by atoms with van der Waals surface area (Å²) in [5.41, 5.74) is 1.19. The third-order valence-electron chi connectivity index (χ3n) is 2.76. The maximum atomic E-state index is 5.48. The highest BCUT2D eigenvalue weighted by Crippen LogP contribution is 2.28. The van der Waals surface area contributed by atoms with Gasteiger partial charge in [0.1, 0.15) is 0 Å². The molecule has 0 aromatic heterocycles. The predicted molar refractivity (Wildman–Crippen MR) is 65.6 cm³/mol. The van der Waals surface area contributed by atoms with Crippen LogP contribution in [-0.2, 0) is 11.3 Å². The Balaban J connectivity index is 1.97. The largest absolute Gasteiger partial charge is 0.493 e. The molecule has 0 atom stereocenters. The highest BCUT2D eigenvalue weighted by Gasteiger charge is 2.17. The number of benzene rings is 1. The highest BCUT2D eigenvalue weighted by molar-refractivity contribution is 5.42. The molecule has 0 unspecified atom stereocenters. The van der Waals surface area contributed by atoms with Crippen LogP contribution in [-0.4, -0.2) is 33.0 Å². The Hall–Kier alpha value is -1.26. The molecule has 0 radical (unpaired) electrons. The van der Waals surface area contributed by atoms with E-state index < -0.39 is 0 Å². The van der Waals surface area contributed by atoms with Crippen LogP contribution in [0.15, 0.2) is 18.2 Å². The normalized spacial score (nSPS) is 15.4. The van der Waals surface area contributed by atoms with E-state index in [1.54, 1.807) is 7.11 Å². The van der Waals surface area contributed by atoms with E-state index in [2.05, 4.69) is 11.4 Å². The molecule has 17 heavy (non-hydrogen) atoms. The van der Waals surface area contributed by atoms with Crippen molar-refractivity contribution >= 4 is 0 Å². The zero-order chi connectivity index (χ0) is 12.1.